The van der Waals surface area contributed by atoms with Gasteiger partial charge in [-0.05, 0) is 47.7 Å². The van der Waals surface area contributed by atoms with Crippen LogP contribution in [0.1, 0.15) is 43.4 Å². The van der Waals surface area contributed by atoms with E-state index in [0.29, 0.717) is 12.3 Å². The van der Waals surface area contributed by atoms with Crippen molar-refractivity contribution < 1.29 is 17.9 Å². The zero-order valence-corrected chi connectivity index (χ0v) is 19.3. The predicted octanol–water partition coefficient (Wildman–Crippen LogP) is 2.62. The van der Waals surface area contributed by atoms with Gasteiger partial charge in [0.1, 0.15) is 16.7 Å². The van der Waals surface area contributed by atoms with Crippen LogP contribution in [0.15, 0.2) is 47.4 Å². The molecule has 0 aliphatic carbocycles. The highest BCUT2D eigenvalue weighted by molar-refractivity contribution is 7.89. The molecular formula is C22H30N4O4S. The Balaban J connectivity index is 1.72. The van der Waals surface area contributed by atoms with Gasteiger partial charge in [-0.1, -0.05) is 32.0 Å². The highest BCUT2D eigenvalue weighted by atomic mass is 32.2. The lowest BCUT2D eigenvalue weighted by molar-refractivity contribution is -0.117. The van der Waals surface area contributed by atoms with Crippen molar-refractivity contribution in [2.45, 2.75) is 43.2 Å². The van der Waals surface area contributed by atoms with E-state index in [2.05, 4.69) is 30.0 Å². The minimum atomic E-state index is -3.67. The van der Waals surface area contributed by atoms with E-state index >= 15 is 0 Å². The van der Waals surface area contributed by atoms with Gasteiger partial charge in [0.25, 0.3) is 0 Å². The van der Waals surface area contributed by atoms with E-state index in [0.717, 1.165) is 15.6 Å². The first-order valence-corrected chi connectivity index (χ1v) is 11.6. The predicted molar refractivity (Wildman–Crippen MR) is 120 cm³/mol. The van der Waals surface area contributed by atoms with Crippen LogP contribution in [0.2, 0.25) is 0 Å². The maximum atomic E-state index is 12.7. The standard InChI is InChI=1S/C22H30N4O4S/c1-14(2)15-6-9-17(10-7-15)23-22(27)19-13-18(24-25-19)16-8-11-20(30-5)21(12-16)31(28,29)26(3)4/h6-12,14,18-19,24-25H,13H2,1-5H3,(H,23,27). The van der Waals surface area contributed by atoms with Gasteiger partial charge < -0.3 is 10.1 Å². The van der Waals surface area contributed by atoms with E-state index < -0.39 is 16.1 Å². The fourth-order valence-electron chi connectivity index (χ4n) is 3.44. The second-order valence-electron chi connectivity index (χ2n) is 8.09. The maximum Gasteiger partial charge on any atom is 0.246 e. The Hall–Kier alpha value is -2.46. The number of rotatable bonds is 7. The van der Waals surface area contributed by atoms with Crippen LogP contribution in [-0.4, -0.2) is 45.9 Å². The van der Waals surface area contributed by atoms with E-state index in [9.17, 15) is 13.2 Å². The summed E-state index contributed by atoms with van der Waals surface area (Å²) < 4.78 is 31.7. The Morgan fingerprint density at radius 2 is 1.81 bits per heavy atom. The number of benzene rings is 2. The molecule has 1 aliphatic heterocycles. The van der Waals surface area contributed by atoms with Gasteiger partial charge in [0.2, 0.25) is 15.9 Å². The van der Waals surface area contributed by atoms with Gasteiger partial charge in [-0.15, -0.1) is 0 Å². The van der Waals surface area contributed by atoms with Crippen molar-refractivity contribution in [3.63, 3.8) is 0 Å². The number of methoxy groups -OCH3 is 1. The molecule has 2 unspecified atom stereocenters. The van der Waals surface area contributed by atoms with Gasteiger partial charge in [-0.2, -0.15) is 0 Å². The molecule has 0 radical (unpaired) electrons. The van der Waals surface area contributed by atoms with Gasteiger partial charge in [0, 0.05) is 25.8 Å². The van der Waals surface area contributed by atoms with Crippen molar-refractivity contribution >= 4 is 21.6 Å². The van der Waals surface area contributed by atoms with Crippen molar-refractivity contribution in [3.05, 3.63) is 53.6 Å². The quantitative estimate of drug-likeness (QED) is 0.605. The SMILES string of the molecule is COc1ccc(C2CC(C(=O)Nc3ccc(C(C)C)cc3)NN2)cc1S(=O)(=O)N(C)C. The minimum absolute atomic E-state index is 0.0949. The summed E-state index contributed by atoms with van der Waals surface area (Å²) >= 11 is 0. The molecule has 0 aromatic heterocycles. The molecule has 31 heavy (non-hydrogen) atoms. The van der Waals surface area contributed by atoms with Gasteiger partial charge in [0.05, 0.1) is 7.11 Å². The van der Waals surface area contributed by atoms with Crippen LogP contribution in [0.25, 0.3) is 0 Å². The first-order valence-electron chi connectivity index (χ1n) is 10.2. The zero-order valence-electron chi connectivity index (χ0n) is 18.5. The van der Waals surface area contributed by atoms with Crippen LogP contribution in [0.5, 0.6) is 5.75 Å². The van der Waals surface area contributed by atoms with Crippen LogP contribution in [0.3, 0.4) is 0 Å². The molecule has 2 atom stereocenters. The molecule has 0 spiro atoms. The highest BCUT2D eigenvalue weighted by Crippen LogP contribution is 2.31. The van der Waals surface area contributed by atoms with E-state index in [-0.39, 0.29) is 22.6 Å². The Bertz CT molecular complexity index is 1040. The summed E-state index contributed by atoms with van der Waals surface area (Å²) in [5, 5.41) is 2.93. The number of carbonyl (C=O) groups excluding carboxylic acids is 1. The lowest BCUT2D eigenvalue weighted by Crippen LogP contribution is -2.39. The fraction of sp³-hybridized carbons (Fsp3) is 0.409. The summed E-state index contributed by atoms with van der Waals surface area (Å²) in [5.74, 6) is 0.557. The number of nitrogens with zero attached hydrogens (tertiary/aromatic N) is 1. The number of carbonyl (C=O) groups is 1. The number of hydrogen-bond donors (Lipinski definition) is 3. The van der Waals surface area contributed by atoms with Gasteiger partial charge in [-0.25, -0.2) is 23.6 Å². The smallest absolute Gasteiger partial charge is 0.246 e. The summed E-state index contributed by atoms with van der Waals surface area (Å²) in [7, 11) is 0.721. The first-order chi connectivity index (χ1) is 14.6. The molecule has 8 nitrogen and oxygen atoms in total. The van der Waals surface area contributed by atoms with Crippen LogP contribution in [-0.2, 0) is 14.8 Å². The molecule has 0 bridgehead atoms. The van der Waals surface area contributed by atoms with E-state index in [4.69, 9.17) is 4.74 Å². The first kappa shape index (κ1) is 23.2. The largest absolute Gasteiger partial charge is 0.495 e. The van der Waals surface area contributed by atoms with Gasteiger partial charge in [-0.3, -0.25) is 4.79 Å². The lowest BCUT2D eigenvalue weighted by Gasteiger charge is -2.17. The molecule has 2 aromatic rings. The molecule has 1 heterocycles. The lowest BCUT2D eigenvalue weighted by atomic mass is 10.0. The molecule has 1 saturated heterocycles. The molecule has 9 heteroatoms. The van der Waals surface area contributed by atoms with Crippen molar-refractivity contribution in [1.82, 2.24) is 15.2 Å². The molecule has 2 aromatic carbocycles. The second-order valence-corrected chi connectivity index (χ2v) is 10.2. The van der Waals surface area contributed by atoms with Crippen molar-refractivity contribution in [2.24, 2.45) is 0 Å². The monoisotopic (exact) mass is 446 g/mol. The summed E-state index contributed by atoms with van der Waals surface area (Å²) in [5.41, 5.74) is 8.81. The normalized spacial score (nSPS) is 19.1. The molecule has 1 fully saturated rings. The summed E-state index contributed by atoms with van der Waals surface area (Å²) in [4.78, 5) is 12.8. The summed E-state index contributed by atoms with van der Waals surface area (Å²) in [6.45, 7) is 4.24. The van der Waals surface area contributed by atoms with Crippen LogP contribution in [0.4, 0.5) is 5.69 Å². The molecule has 3 N–H and O–H groups in total. The van der Waals surface area contributed by atoms with Crippen LogP contribution < -0.4 is 20.9 Å². The number of ether oxygens (including phenoxy) is 1. The number of amides is 1. The fourth-order valence-corrected chi connectivity index (χ4v) is 4.52. The van der Waals surface area contributed by atoms with Crippen molar-refractivity contribution in [1.29, 1.82) is 0 Å². The van der Waals surface area contributed by atoms with Gasteiger partial charge >= 0.3 is 0 Å². The molecule has 1 amide bonds. The van der Waals surface area contributed by atoms with Crippen LogP contribution >= 0.6 is 0 Å². The van der Waals surface area contributed by atoms with E-state index in [1.54, 1.807) is 18.2 Å². The zero-order chi connectivity index (χ0) is 22.8. The molecule has 168 valence electrons. The number of anilines is 1. The van der Waals surface area contributed by atoms with Crippen molar-refractivity contribution in [2.75, 3.05) is 26.5 Å². The average molecular weight is 447 g/mol. The van der Waals surface area contributed by atoms with Gasteiger partial charge in [0.15, 0.2) is 0 Å². The van der Waals surface area contributed by atoms with Crippen LogP contribution in [0, 0.1) is 0 Å². The Labute approximate surface area is 184 Å². The third-order valence-corrected chi connectivity index (χ3v) is 7.25. The number of nitrogens with one attached hydrogen (secondary N) is 3. The van der Waals surface area contributed by atoms with E-state index in [1.165, 1.54) is 26.8 Å². The molecule has 3 rings (SSSR count). The second kappa shape index (κ2) is 9.35. The Morgan fingerprint density at radius 1 is 1.13 bits per heavy atom. The summed E-state index contributed by atoms with van der Waals surface area (Å²) in [6, 6.07) is 12.2. The number of sulfonamides is 1. The molecule has 0 saturated carbocycles. The van der Waals surface area contributed by atoms with Crippen molar-refractivity contribution in [3.8, 4) is 5.75 Å². The average Bonchev–Trinajstić information content (AvgIpc) is 3.24. The topological polar surface area (TPSA) is 99.8 Å². The third-order valence-electron chi connectivity index (χ3n) is 5.41. The Kier molecular flexibility index (Phi) is 7.00. The highest BCUT2D eigenvalue weighted by Gasteiger charge is 2.32. The number of hydrogen-bond acceptors (Lipinski definition) is 6. The van der Waals surface area contributed by atoms with E-state index in [1.807, 2.05) is 24.3 Å². The molecule has 1 aliphatic rings. The summed E-state index contributed by atoms with van der Waals surface area (Å²) in [6.07, 6.45) is 0.476. The minimum Gasteiger partial charge on any atom is -0.495 e. The maximum absolute atomic E-state index is 12.7. The third kappa shape index (κ3) is 5.07. The molecular weight excluding hydrogens is 416 g/mol. The Morgan fingerprint density at radius 3 is 2.39 bits per heavy atom. The number of hydrazine groups is 1.